The Balaban J connectivity index is 2.12. The van der Waals surface area contributed by atoms with Crippen molar-refractivity contribution >= 4 is 22.6 Å². The van der Waals surface area contributed by atoms with Gasteiger partial charge in [0.1, 0.15) is 0 Å². The van der Waals surface area contributed by atoms with Crippen LogP contribution < -0.4 is 0 Å². The van der Waals surface area contributed by atoms with Crippen molar-refractivity contribution in [2.24, 2.45) is 0 Å². The third-order valence-corrected chi connectivity index (χ3v) is 4.75. The SMILES string of the molecule is FC(F)(F)c1cccc(-c2cccc(-c3ccccc3)c2I)c1. The standard InChI is InChI=1S/C19H12F3I/c20-19(21,22)15-9-4-8-14(12-15)17-11-5-10-16(18(17)23)13-6-2-1-3-7-13/h1-12H. The van der Waals surface area contributed by atoms with Gasteiger partial charge in [-0.05, 0) is 57.0 Å². The van der Waals surface area contributed by atoms with Crippen LogP contribution in [-0.2, 0) is 6.18 Å². The minimum atomic E-state index is -4.33. The predicted molar refractivity (Wildman–Crippen MR) is 95.0 cm³/mol. The second kappa shape index (κ2) is 6.35. The molecule has 0 radical (unpaired) electrons. The maximum Gasteiger partial charge on any atom is 0.416 e. The third kappa shape index (κ3) is 3.42. The number of hydrogen-bond donors (Lipinski definition) is 0. The average molecular weight is 424 g/mol. The fourth-order valence-electron chi connectivity index (χ4n) is 2.46. The van der Waals surface area contributed by atoms with E-state index < -0.39 is 11.7 Å². The smallest absolute Gasteiger partial charge is 0.166 e. The van der Waals surface area contributed by atoms with E-state index in [-0.39, 0.29) is 0 Å². The summed E-state index contributed by atoms with van der Waals surface area (Å²) in [6, 6.07) is 21.0. The van der Waals surface area contributed by atoms with Gasteiger partial charge in [0.2, 0.25) is 0 Å². The quantitative estimate of drug-likeness (QED) is 0.405. The monoisotopic (exact) mass is 424 g/mol. The molecule has 0 bridgehead atoms. The largest absolute Gasteiger partial charge is 0.416 e. The molecule has 0 aliphatic rings. The van der Waals surface area contributed by atoms with Crippen LogP contribution in [0.1, 0.15) is 5.56 Å². The van der Waals surface area contributed by atoms with Crippen LogP contribution >= 0.6 is 22.6 Å². The van der Waals surface area contributed by atoms with Crippen LogP contribution in [0.4, 0.5) is 13.2 Å². The molecule has 0 aliphatic carbocycles. The van der Waals surface area contributed by atoms with Gasteiger partial charge in [-0.2, -0.15) is 13.2 Å². The van der Waals surface area contributed by atoms with Gasteiger partial charge in [0.25, 0.3) is 0 Å². The first kappa shape index (κ1) is 16.1. The molecular formula is C19H12F3I. The number of hydrogen-bond acceptors (Lipinski definition) is 0. The summed E-state index contributed by atoms with van der Waals surface area (Å²) in [6.45, 7) is 0. The average Bonchev–Trinajstić information content (AvgIpc) is 2.55. The highest BCUT2D eigenvalue weighted by Gasteiger charge is 2.30. The summed E-state index contributed by atoms with van der Waals surface area (Å²) in [5, 5.41) is 0. The van der Waals surface area contributed by atoms with Gasteiger partial charge in [-0.3, -0.25) is 0 Å². The van der Waals surface area contributed by atoms with Crippen LogP contribution in [0.3, 0.4) is 0 Å². The van der Waals surface area contributed by atoms with Gasteiger partial charge < -0.3 is 0 Å². The van der Waals surface area contributed by atoms with Crippen LogP contribution in [-0.4, -0.2) is 0 Å². The van der Waals surface area contributed by atoms with Gasteiger partial charge in [-0.1, -0.05) is 60.7 Å². The zero-order chi connectivity index (χ0) is 16.4. The van der Waals surface area contributed by atoms with E-state index in [2.05, 4.69) is 22.6 Å². The summed E-state index contributed by atoms with van der Waals surface area (Å²) < 4.78 is 39.7. The Labute approximate surface area is 146 Å². The fraction of sp³-hybridized carbons (Fsp3) is 0.0526. The molecule has 0 N–H and O–H groups in total. The van der Waals surface area contributed by atoms with Gasteiger partial charge in [0.15, 0.2) is 0 Å². The van der Waals surface area contributed by atoms with E-state index in [1.807, 2.05) is 48.5 Å². The molecule has 116 valence electrons. The van der Waals surface area contributed by atoms with Crippen molar-refractivity contribution in [1.82, 2.24) is 0 Å². The molecule has 0 aromatic heterocycles. The Morgan fingerprint density at radius 1 is 0.652 bits per heavy atom. The molecule has 0 heterocycles. The van der Waals surface area contributed by atoms with Crippen molar-refractivity contribution in [3.8, 4) is 22.3 Å². The summed E-state index contributed by atoms with van der Waals surface area (Å²) in [4.78, 5) is 0. The summed E-state index contributed by atoms with van der Waals surface area (Å²) >= 11 is 2.20. The molecule has 3 aromatic carbocycles. The molecule has 23 heavy (non-hydrogen) atoms. The molecular weight excluding hydrogens is 412 g/mol. The van der Waals surface area contributed by atoms with Crippen molar-refractivity contribution in [2.75, 3.05) is 0 Å². The number of alkyl halides is 3. The topological polar surface area (TPSA) is 0 Å². The van der Waals surface area contributed by atoms with E-state index in [0.717, 1.165) is 26.3 Å². The van der Waals surface area contributed by atoms with Gasteiger partial charge >= 0.3 is 6.18 Å². The van der Waals surface area contributed by atoms with Crippen molar-refractivity contribution in [3.05, 3.63) is 81.9 Å². The molecule has 0 atom stereocenters. The first-order valence-corrected chi connectivity index (χ1v) is 8.06. The summed E-state index contributed by atoms with van der Waals surface area (Å²) in [6.07, 6.45) is -4.33. The van der Waals surface area contributed by atoms with Crippen molar-refractivity contribution < 1.29 is 13.2 Å². The maximum absolute atomic E-state index is 12.9. The lowest BCUT2D eigenvalue weighted by Crippen LogP contribution is -2.04. The highest BCUT2D eigenvalue weighted by Crippen LogP contribution is 2.36. The van der Waals surface area contributed by atoms with E-state index in [1.54, 1.807) is 6.07 Å². The molecule has 0 saturated carbocycles. The van der Waals surface area contributed by atoms with Crippen molar-refractivity contribution in [3.63, 3.8) is 0 Å². The van der Waals surface area contributed by atoms with E-state index in [0.29, 0.717) is 5.56 Å². The van der Waals surface area contributed by atoms with Crippen LogP contribution in [0.5, 0.6) is 0 Å². The van der Waals surface area contributed by atoms with Crippen molar-refractivity contribution in [1.29, 1.82) is 0 Å². The number of benzene rings is 3. The summed E-state index contributed by atoms with van der Waals surface area (Å²) in [5.41, 5.74) is 2.81. The van der Waals surface area contributed by atoms with Crippen LogP contribution in [0, 0.1) is 3.57 Å². The Morgan fingerprint density at radius 2 is 1.22 bits per heavy atom. The van der Waals surface area contributed by atoms with Crippen LogP contribution in [0.2, 0.25) is 0 Å². The molecule has 0 aliphatic heterocycles. The number of halogens is 4. The summed E-state index contributed by atoms with van der Waals surface area (Å²) in [5.74, 6) is 0. The summed E-state index contributed by atoms with van der Waals surface area (Å²) in [7, 11) is 0. The molecule has 3 rings (SSSR count). The van der Waals surface area contributed by atoms with E-state index in [4.69, 9.17) is 0 Å². The molecule has 3 aromatic rings. The number of rotatable bonds is 2. The zero-order valence-corrected chi connectivity index (χ0v) is 14.1. The predicted octanol–water partition coefficient (Wildman–Crippen LogP) is 6.64. The first-order valence-electron chi connectivity index (χ1n) is 6.98. The van der Waals surface area contributed by atoms with E-state index >= 15 is 0 Å². The van der Waals surface area contributed by atoms with Gasteiger partial charge in [0, 0.05) is 3.57 Å². The molecule has 0 saturated heterocycles. The van der Waals surface area contributed by atoms with E-state index in [9.17, 15) is 13.2 Å². The lowest BCUT2D eigenvalue weighted by molar-refractivity contribution is -0.137. The van der Waals surface area contributed by atoms with Gasteiger partial charge in [0.05, 0.1) is 5.56 Å². The Morgan fingerprint density at radius 3 is 1.87 bits per heavy atom. The van der Waals surface area contributed by atoms with Gasteiger partial charge in [-0.15, -0.1) is 0 Å². The minimum Gasteiger partial charge on any atom is -0.166 e. The van der Waals surface area contributed by atoms with Crippen molar-refractivity contribution in [2.45, 2.75) is 6.18 Å². The highest BCUT2D eigenvalue weighted by molar-refractivity contribution is 14.1. The molecule has 0 amide bonds. The maximum atomic E-state index is 12.9. The Kier molecular flexibility index (Phi) is 4.43. The minimum absolute atomic E-state index is 0.571. The molecule has 4 heteroatoms. The molecule has 0 unspecified atom stereocenters. The molecule has 0 fully saturated rings. The normalized spacial score (nSPS) is 11.5. The third-order valence-electron chi connectivity index (χ3n) is 3.58. The molecule has 0 nitrogen and oxygen atoms in total. The van der Waals surface area contributed by atoms with E-state index in [1.165, 1.54) is 12.1 Å². The Bertz CT molecular complexity index is 824. The van der Waals surface area contributed by atoms with Crippen LogP contribution in [0.15, 0.2) is 72.8 Å². The van der Waals surface area contributed by atoms with Crippen LogP contribution in [0.25, 0.3) is 22.3 Å². The highest BCUT2D eigenvalue weighted by atomic mass is 127. The Hall–Kier alpha value is -1.82. The second-order valence-electron chi connectivity index (χ2n) is 5.11. The first-order chi connectivity index (χ1) is 11.0. The fourth-order valence-corrected chi connectivity index (χ4v) is 3.44. The zero-order valence-electron chi connectivity index (χ0n) is 11.9. The second-order valence-corrected chi connectivity index (χ2v) is 6.19. The molecule has 0 spiro atoms. The lowest BCUT2D eigenvalue weighted by atomic mass is 9.98. The lowest BCUT2D eigenvalue weighted by Gasteiger charge is -2.13. The van der Waals surface area contributed by atoms with Gasteiger partial charge in [-0.25, -0.2) is 0 Å².